The second-order valence-corrected chi connectivity index (χ2v) is 7.87. The Morgan fingerprint density at radius 3 is 2.52 bits per heavy atom. The second kappa shape index (κ2) is 8.91. The summed E-state index contributed by atoms with van der Waals surface area (Å²) in [5, 5.41) is 19.0. The molecule has 1 aromatic carbocycles. The van der Waals surface area contributed by atoms with Crippen LogP contribution in [-0.4, -0.2) is 29.0 Å². The molecular weight excluding hydrogens is 613 g/mol. The standard InChI is InChI=1S/C13H17I3N2O3/c1-2-18(9(19)4-3-5-10(20)21)13-8(15)6-7(14)12(17)11(13)16/h6,9,19H,2-5,17H2,1H3,(H,20,21). The second-order valence-electron chi connectivity index (χ2n) is 4.47. The van der Waals surface area contributed by atoms with Crippen LogP contribution in [0.3, 0.4) is 0 Å². The van der Waals surface area contributed by atoms with Gasteiger partial charge in [-0.05, 0) is 93.6 Å². The molecule has 1 atom stereocenters. The Bertz CT molecular complexity index is 526. The zero-order valence-electron chi connectivity index (χ0n) is 11.4. The van der Waals surface area contributed by atoms with Crippen molar-refractivity contribution in [2.24, 2.45) is 0 Å². The Morgan fingerprint density at radius 1 is 1.38 bits per heavy atom. The fourth-order valence-corrected chi connectivity index (χ4v) is 5.96. The Labute approximate surface area is 165 Å². The first kappa shape index (κ1) is 19.5. The van der Waals surface area contributed by atoms with Gasteiger partial charge >= 0.3 is 5.97 Å². The lowest BCUT2D eigenvalue weighted by Gasteiger charge is -2.31. The van der Waals surface area contributed by atoms with Gasteiger partial charge in [-0.1, -0.05) is 0 Å². The summed E-state index contributed by atoms with van der Waals surface area (Å²) < 4.78 is 2.93. The van der Waals surface area contributed by atoms with Crippen LogP contribution in [0, 0.1) is 10.7 Å². The van der Waals surface area contributed by atoms with Crippen molar-refractivity contribution in [1.29, 1.82) is 0 Å². The Hall–Kier alpha value is 0.440. The summed E-state index contributed by atoms with van der Waals surface area (Å²) in [6.45, 7) is 2.58. The van der Waals surface area contributed by atoms with Crippen LogP contribution in [0.15, 0.2) is 6.07 Å². The minimum Gasteiger partial charge on any atom is -0.481 e. The van der Waals surface area contributed by atoms with Crippen LogP contribution in [0.5, 0.6) is 0 Å². The largest absolute Gasteiger partial charge is 0.481 e. The number of rotatable bonds is 7. The number of halogens is 3. The van der Waals surface area contributed by atoms with Crippen molar-refractivity contribution in [1.82, 2.24) is 0 Å². The molecule has 0 fully saturated rings. The number of carbonyl (C=O) groups is 1. The average Bonchev–Trinajstić information content (AvgIpc) is 2.40. The van der Waals surface area contributed by atoms with Gasteiger partial charge in [-0.3, -0.25) is 4.79 Å². The Morgan fingerprint density at radius 2 is 2.00 bits per heavy atom. The van der Waals surface area contributed by atoms with Gasteiger partial charge < -0.3 is 20.8 Å². The highest BCUT2D eigenvalue weighted by Crippen LogP contribution is 2.36. The topological polar surface area (TPSA) is 86.8 Å². The fourth-order valence-electron chi connectivity index (χ4n) is 1.97. The molecule has 0 aliphatic heterocycles. The van der Waals surface area contributed by atoms with Gasteiger partial charge in [-0.15, -0.1) is 0 Å². The summed E-state index contributed by atoms with van der Waals surface area (Å²) in [7, 11) is 0. The molecule has 0 aliphatic carbocycles. The Kier molecular flexibility index (Phi) is 8.27. The van der Waals surface area contributed by atoms with Crippen LogP contribution in [0.4, 0.5) is 11.4 Å². The van der Waals surface area contributed by atoms with E-state index in [2.05, 4.69) is 67.8 Å². The Balaban J connectivity index is 2.99. The number of hydrogen-bond acceptors (Lipinski definition) is 4. The molecule has 118 valence electrons. The minimum atomic E-state index is -0.840. The molecule has 0 saturated heterocycles. The normalized spacial score (nSPS) is 12.2. The summed E-state index contributed by atoms with van der Waals surface area (Å²) in [5.41, 5.74) is 7.71. The predicted octanol–water partition coefficient (Wildman–Crippen LogP) is 3.48. The number of aliphatic hydroxyl groups excluding tert-OH is 1. The molecule has 1 rings (SSSR count). The number of nitrogens with two attached hydrogens (primary N) is 1. The van der Waals surface area contributed by atoms with E-state index in [0.29, 0.717) is 25.1 Å². The first-order valence-electron chi connectivity index (χ1n) is 6.39. The van der Waals surface area contributed by atoms with Crippen molar-refractivity contribution in [2.75, 3.05) is 17.2 Å². The number of aliphatic carboxylic acids is 1. The number of anilines is 2. The van der Waals surface area contributed by atoms with E-state index in [1.807, 2.05) is 17.9 Å². The van der Waals surface area contributed by atoms with Gasteiger partial charge in [0, 0.05) is 20.1 Å². The highest BCUT2D eigenvalue weighted by molar-refractivity contribution is 14.1. The van der Waals surface area contributed by atoms with E-state index in [0.717, 1.165) is 16.4 Å². The number of carboxylic acids is 1. The highest BCUT2D eigenvalue weighted by Gasteiger charge is 2.22. The van der Waals surface area contributed by atoms with Gasteiger partial charge in [0.15, 0.2) is 0 Å². The monoisotopic (exact) mass is 630 g/mol. The van der Waals surface area contributed by atoms with Crippen LogP contribution < -0.4 is 10.6 Å². The number of benzene rings is 1. The molecule has 0 heterocycles. The molecule has 0 aliphatic rings. The van der Waals surface area contributed by atoms with Crippen LogP contribution in [0.25, 0.3) is 0 Å². The summed E-state index contributed by atoms with van der Waals surface area (Å²) >= 11 is 6.63. The molecular formula is C13H17I3N2O3. The maximum Gasteiger partial charge on any atom is 0.303 e. The van der Waals surface area contributed by atoms with E-state index < -0.39 is 12.2 Å². The lowest BCUT2D eigenvalue weighted by atomic mass is 10.2. The maximum absolute atomic E-state index is 10.6. The molecule has 0 spiro atoms. The number of carboxylic acid groups (broad SMARTS) is 1. The summed E-state index contributed by atoms with van der Waals surface area (Å²) in [4.78, 5) is 12.4. The van der Waals surface area contributed by atoms with E-state index in [1.54, 1.807) is 0 Å². The van der Waals surface area contributed by atoms with Crippen LogP contribution >= 0.6 is 67.8 Å². The van der Waals surface area contributed by atoms with E-state index in [4.69, 9.17) is 10.8 Å². The van der Waals surface area contributed by atoms with Crippen molar-refractivity contribution < 1.29 is 15.0 Å². The van der Waals surface area contributed by atoms with Crippen molar-refractivity contribution >= 4 is 85.1 Å². The summed E-state index contributed by atoms with van der Waals surface area (Å²) in [6, 6.07) is 1.99. The highest BCUT2D eigenvalue weighted by atomic mass is 127. The molecule has 1 aromatic rings. The van der Waals surface area contributed by atoms with Crippen molar-refractivity contribution in [3.05, 3.63) is 16.8 Å². The van der Waals surface area contributed by atoms with Crippen molar-refractivity contribution in [2.45, 2.75) is 32.4 Å². The molecule has 0 saturated carbocycles. The van der Waals surface area contributed by atoms with Crippen molar-refractivity contribution in [3.63, 3.8) is 0 Å². The molecule has 5 nitrogen and oxygen atoms in total. The smallest absolute Gasteiger partial charge is 0.303 e. The number of aliphatic hydroxyl groups is 1. The molecule has 4 N–H and O–H groups in total. The van der Waals surface area contributed by atoms with Crippen molar-refractivity contribution in [3.8, 4) is 0 Å². The van der Waals surface area contributed by atoms with Gasteiger partial charge in [0.05, 0.1) is 14.9 Å². The first-order valence-corrected chi connectivity index (χ1v) is 9.62. The number of hydrogen-bond donors (Lipinski definition) is 3. The maximum atomic E-state index is 10.6. The third-order valence-corrected chi connectivity index (χ3v) is 5.83. The van der Waals surface area contributed by atoms with E-state index in [9.17, 15) is 9.90 Å². The average molecular weight is 630 g/mol. The van der Waals surface area contributed by atoms with Gasteiger partial charge in [-0.25, -0.2) is 0 Å². The quantitative estimate of drug-likeness (QED) is 0.244. The van der Waals surface area contributed by atoms with Crippen LogP contribution in [-0.2, 0) is 4.79 Å². The lowest BCUT2D eigenvalue weighted by molar-refractivity contribution is -0.137. The predicted molar refractivity (Wildman–Crippen MR) is 110 cm³/mol. The SMILES string of the molecule is CCN(c1c(I)cc(I)c(N)c1I)C(O)CCCC(=O)O. The van der Waals surface area contributed by atoms with Gasteiger partial charge in [0.1, 0.15) is 6.23 Å². The molecule has 8 heteroatoms. The fraction of sp³-hybridized carbons (Fsp3) is 0.462. The zero-order valence-corrected chi connectivity index (χ0v) is 17.9. The first-order chi connectivity index (χ1) is 9.79. The van der Waals surface area contributed by atoms with Gasteiger partial charge in [0.25, 0.3) is 0 Å². The van der Waals surface area contributed by atoms with E-state index >= 15 is 0 Å². The molecule has 21 heavy (non-hydrogen) atoms. The third-order valence-electron chi connectivity index (χ3n) is 3.02. The third kappa shape index (κ3) is 5.23. The van der Waals surface area contributed by atoms with Gasteiger partial charge in [-0.2, -0.15) is 0 Å². The number of nitrogen functional groups attached to an aromatic ring is 1. The molecule has 0 aromatic heterocycles. The molecule has 1 unspecified atom stereocenters. The summed E-state index contributed by atoms with van der Waals surface area (Å²) in [6.07, 6.45) is 0.214. The summed E-state index contributed by atoms with van der Waals surface area (Å²) in [5.74, 6) is -0.840. The lowest BCUT2D eigenvalue weighted by Crippen LogP contribution is -2.36. The zero-order chi connectivity index (χ0) is 16.2. The van der Waals surface area contributed by atoms with Gasteiger partial charge in [0.2, 0.25) is 0 Å². The molecule has 0 bridgehead atoms. The van der Waals surface area contributed by atoms with Crippen LogP contribution in [0.2, 0.25) is 0 Å². The number of nitrogens with zero attached hydrogens (tertiary/aromatic N) is 1. The molecule has 0 amide bonds. The van der Waals surface area contributed by atoms with E-state index in [1.165, 1.54) is 0 Å². The minimum absolute atomic E-state index is 0.0671. The van der Waals surface area contributed by atoms with Crippen LogP contribution in [0.1, 0.15) is 26.2 Å². The van der Waals surface area contributed by atoms with E-state index in [-0.39, 0.29) is 6.42 Å². The molecule has 0 radical (unpaired) electrons.